The Labute approximate surface area is 155 Å². The van der Waals surface area contributed by atoms with Crippen LogP contribution in [0.5, 0.6) is 0 Å². The minimum absolute atomic E-state index is 0.254. The minimum atomic E-state index is -0.293. The maximum Gasteiger partial charge on any atom is 0.337 e. The van der Waals surface area contributed by atoms with Crippen LogP contribution in [0, 0.1) is 9.49 Å². The summed E-state index contributed by atoms with van der Waals surface area (Å²) in [5, 5.41) is 3.72. The molecule has 24 heavy (non-hydrogen) atoms. The molecule has 0 aromatic heterocycles. The van der Waals surface area contributed by atoms with Crippen molar-refractivity contribution in [3.63, 3.8) is 0 Å². The fraction of sp³-hybridized carbons (Fsp3) is 0.250. The molecule has 4 heteroatoms. The van der Waals surface area contributed by atoms with E-state index in [4.69, 9.17) is 4.74 Å². The van der Waals surface area contributed by atoms with Crippen molar-refractivity contribution in [1.29, 1.82) is 0 Å². The standard InChI is InChI=1S/C20H18INO2/c1-24-20(23)13-7-5-12(6-8-13)19-16-4-2-3-15(16)17-11-14(21)9-10-18(17)22-19/h2-3,5-11,15-16,19,22H,4H2,1H3/t15-,16+,19+/m1/s1. The van der Waals surface area contributed by atoms with Crippen molar-refractivity contribution >= 4 is 34.2 Å². The molecule has 1 N–H and O–H groups in total. The van der Waals surface area contributed by atoms with Gasteiger partial charge in [0, 0.05) is 15.2 Å². The molecule has 0 bridgehead atoms. The fourth-order valence-electron chi connectivity index (χ4n) is 3.84. The first-order valence-corrected chi connectivity index (χ1v) is 9.16. The van der Waals surface area contributed by atoms with Crippen molar-refractivity contribution in [1.82, 2.24) is 0 Å². The molecule has 3 nitrogen and oxygen atoms in total. The third-order valence-electron chi connectivity index (χ3n) is 5.02. The van der Waals surface area contributed by atoms with E-state index in [0.717, 1.165) is 6.42 Å². The summed E-state index contributed by atoms with van der Waals surface area (Å²) < 4.78 is 6.05. The minimum Gasteiger partial charge on any atom is -0.465 e. The van der Waals surface area contributed by atoms with Crippen LogP contribution in [0.2, 0.25) is 0 Å². The Hall–Kier alpha value is -1.82. The number of halogens is 1. The zero-order chi connectivity index (χ0) is 16.7. The summed E-state index contributed by atoms with van der Waals surface area (Å²) in [6.07, 6.45) is 5.71. The molecule has 0 spiro atoms. The number of benzene rings is 2. The van der Waals surface area contributed by atoms with Crippen molar-refractivity contribution in [2.24, 2.45) is 5.92 Å². The van der Waals surface area contributed by atoms with Gasteiger partial charge in [0.25, 0.3) is 0 Å². The highest BCUT2D eigenvalue weighted by molar-refractivity contribution is 14.1. The van der Waals surface area contributed by atoms with Crippen LogP contribution >= 0.6 is 22.6 Å². The third-order valence-corrected chi connectivity index (χ3v) is 5.69. The van der Waals surface area contributed by atoms with E-state index in [1.165, 1.54) is 27.5 Å². The zero-order valence-corrected chi connectivity index (χ0v) is 15.5. The molecule has 4 rings (SSSR count). The van der Waals surface area contributed by atoms with Gasteiger partial charge >= 0.3 is 5.97 Å². The number of methoxy groups -OCH3 is 1. The van der Waals surface area contributed by atoms with Gasteiger partial charge in [-0.15, -0.1) is 0 Å². The molecule has 2 aromatic rings. The van der Waals surface area contributed by atoms with Gasteiger partial charge in [0.1, 0.15) is 0 Å². The number of esters is 1. The van der Waals surface area contributed by atoms with Gasteiger partial charge < -0.3 is 10.1 Å². The molecular formula is C20H18INO2. The number of hydrogen-bond acceptors (Lipinski definition) is 3. The smallest absolute Gasteiger partial charge is 0.337 e. The molecule has 2 aliphatic rings. The van der Waals surface area contributed by atoms with E-state index in [0.29, 0.717) is 17.4 Å². The van der Waals surface area contributed by atoms with E-state index in [9.17, 15) is 4.79 Å². The average molecular weight is 431 g/mol. The summed E-state index contributed by atoms with van der Waals surface area (Å²) in [6, 6.07) is 14.6. The van der Waals surface area contributed by atoms with Crippen LogP contribution in [-0.4, -0.2) is 13.1 Å². The second kappa shape index (κ2) is 6.24. The van der Waals surface area contributed by atoms with Crippen LogP contribution in [0.1, 0.15) is 39.9 Å². The summed E-state index contributed by atoms with van der Waals surface area (Å²) in [4.78, 5) is 11.6. The normalized spacial score (nSPS) is 24.0. The largest absolute Gasteiger partial charge is 0.465 e. The first-order chi connectivity index (χ1) is 11.7. The SMILES string of the molecule is COC(=O)c1ccc([C@@H]2Nc3ccc(I)cc3[C@@H]3C=CC[C@@H]32)cc1. The summed E-state index contributed by atoms with van der Waals surface area (Å²) in [5.41, 5.74) is 4.41. The molecule has 0 saturated heterocycles. The number of allylic oxidation sites excluding steroid dienone is 2. The van der Waals surface area contributed by atoms with Gasteiger partial charge in [0.2, 0.25) is 0 Å². The van der Waals surface area contributed by atoms with Crippen molar-refractivity contribution in [2.45, 2.75) is 18.4 Å². The van der Waals surface area contributed by atoms with Crippen LogP contribution in [0.4, 0.5) is 5.69 Å². The van der Waals surface area contributed by atoms with Crippen molar-refractivity contribution in [3.8, 4) is 0 Å². The number of anilines is 1. The maximum atomic E-state index is 11.6. The van der Waals surface area contributed by atoms with E-state index in [1.807, 2.05) is 24.3 Å². The van der Waals surface area contributed by atoms with Crippen molar-refractivity contribution in [3.05, 3.63) is 74.9 Å². The Morgan fingerprint density at radius 2 is 2.00 bits per heavy atom. The molecule has 2 aromatic carbocycles. The van der Waals surface area contributed by atoms with Crippen LogP contribution in [0.25, 0.3) is 0 Å². The lowest BCUT2D eigenvalue weighted by Crippen LogP contribution is -2.29. The van der Waals surface area contributed by atoms with Crippen LogP contribution in [0.15, 0.2) is 54.6 Å². The quantitative estimate of drug-likeness (QED) is 0.418. The van der Waals surface area contributed by atoms with E-state index < -0.39 is 0 Å². The number of carbonyl (C=O) groups excluding carboxylic acids is 1. The van der Waals surface area contributed by atoms with Gasteiger partial charge in [-0.25, -0.2) is 4.79 Å². The van der Waals surface area contributed by atoms with Gasteiger partial charge in [-0.1, -0.05) is 24.3 Å². The van der Waals surface area contributed by atoms with Crippen LogP contribution in [-0.2, 0) is 4.74 Å². The number of carbonyl (C=O) groups is 1. The molecule has 0 fully saturated rings. The van der Waals surface area contributed by atoms with E-state index >= 15 is 0 Å². The molecule has 1 heterocycles. The Morgan fingerprint density at radius 1 is 1.21 bits per heavy atom. The Kier molecular flexibility index (Phi) is 4.08. The van der Waals surface area contributed by atoms with Crippen molar-refractivity contribution < 1.29 is 9.53 Å². The van der Waals surface area contributed by atoms with Gasteiger partial charge in [0.05, 0.1) is 18.7 Å². The molecule has 0 amide bonds. The summed E-state index contributed by atoms with van der Waals surface area (Å²) >= 11 is 2.37. The summed E-state index contributed by atoms with van der Waals surface area (Å²) in [5.74, 6) is 0.680. The van der Waals surface area contributed by atoms with Gasteiger partial charge in [-0.2, -0.15) is 0 Å². The van der Waals surface area contributed by atoms with Gasteiger partial charge in [0.15, 0.2) is 0 Å². The molecule has 1 aliphatic heterocycles. The number of fused-ring (bicyclic) bond motifs is 3. The summed E-state index contributed by atoms with van der Waals surface area (Å²) in [6.45, 7) is 0. The third kappa shape index (κ3) is 2.62. The second-order valence-electron chi connectivity index (χ2n) is 6.32. The number of hydrogen-bond donors (Lipinski definition) is 1. The van der Waals surface area contributed by atoms with Gasteiger partial charge in [-0.05, 0) is 76.4 Å². The second-order valence-corrected chi connectivity index (χ2v) is 7.57. The summed E-state index contributed by atoms with van der Waals surface area (Å²) in [7, 11) is 1.41. The average Bonchev–Trinajstić information content (AvgIpc) is 3.11. The fourth-order valence-corrected chi connectivity index (χ4v) is 4.35. The number of rotatable bonds is 2. The molecule has 1 aliphatic carbocycles. The Morgan fingerprint density at radius 3 is 2.75 bits per heavy atom. The lowest BCUT2D eigenvalue weighted by atomic mass is 9.77. The monoisotopic (exact) mass is 431 g/mol. The van der Waals surface area contributed by atoms with Crippen LogP contribution < -0.4 is 5.32 Å². The zero-order valence-electron chi connectivity index (χ0n) is 13.3. The maximum absolute atomic E-state index is 11.6. The lowest BCUT2D eigenvalue weighted by molar-refractivity contribution is 0.0600. The predicted molar refractivity (Wildman–Crippen MR) is 103 cm³/mol. The molecule has 3 atom stereocenters. The lowest BCUT2D eigenvalue weighted by Gasteiger charge is -2.37. The highest BCUT2D eigenvalue weighted by Crippen LogP contribution is 2.49. The van der Waals surface area contributed by atoms with E-state index in [1.54, 1.807) is 0 Å². The van der Waals surface area contributed by atoms with E-state index in [-0.39, 0.29) is 12.0 Å². The molecule has 0 radical (unpaired) electrons. The van der Waals surface area contributed by atoms with Crippen LogP contribution in [0.3, 0.4) is 0 Å². The molecule has 0 unspecified atom stereocenters. The first-order valence-electron chi connectivity index (χ1n) is 8.08. The van der Waals surface area contributed by atoms with Crippen molar-refractivity contribution in [2.75, 3.05) is 12.4 Å². The predicted octanol–water partition coefficient (Wildman–Crippen LogP) is 4.90. The Bertz CT molecular complexity index is 813. The Balaban J connectivity index is 1.69. The number of ether oxygens (including phenoxy) is 1. The van der Waals surface area contributed by atoms with E-state index in [2.05, 4.69) is 58.3 Å². The molecular weight excluding hydrogens is 413 g/mol. The molecule has 122 valence electrons. The number of nitrogens with one attached hydrogen (secondary N) is 1. The first kappa shape index (κ1) is 15.7. The molecule has 0 saturated carbocycles. The topological polar surface area (TPSA) is 38.3 Å². The highest BCUT2D eigenvalue weighted by atomic mass is 127. The van der Waals surface area contributed by atoms with Gasteiger partial charge in [-0.3, -0.25) is 0 Å². The highest BCUT2D eigenvalue weighted by Gasteiger charge is 2.37.